The predicted molar refractivity (Wildman–Crippen MR) is 137 cm³/mol. The Morgan fingerprint density at radius 2 is 1.67 bits per heavy atom. The summed E-state index contributed by atoms with van der Waals surface area (Å²) < 4.78 is 0. The average molecular weight is 443 g/mol. The number of anilines is 2. The van der Waals surface area contributed by atoms with Crippen LogP contribution in [0.5, 0.6) is 0 Å². The van der Waals surface area contributed by atoms with Crippen LogP contribution in [0.3, 0.4) is 0 Å². The molecule has 1 aliphatic carbocycles. The second-order valence-corrected chi connectivity index (χ2v) is 9.48. The Kier molecular flexibility index (Phi) is 6.60. The second kappa shape index (κ2) is 9.94. The molecular weight excluding hydrogens is 408 g/mol. The minimum Gasteiger partial charge on any atom is -0.369 e. The molecule has 5 nitrogen and oxygen atoms in total. The molecule has 1 amide bonds. The smallest absolute Gasteiger partial charge is 0.225 e. The second-order valence-electron chi connectivity index (χ2n) is 9.48. The molecule has 3 aromatic carbocycles. The van der Waals surface area contributed by atoms with Gasteiger partial charge in [0.15, 0.2) is 0 Å². The highest BCUT2D eigenvalue weighted by Crippen LogP contribution is 2.30. The molecule has 3 aromatic rings. The molecule has 2 aliphatic rings. The third-order valence-corrected chi connectivity index (χ3v) is 6.96. The number of hydrogen-bond donors (Lipinski definition) is 1. The van der Waals surface area contributed by atoms with E-state index in [0.717, 1.165) is 45.0 Å². The molecule has 0 radical (unpaired) electrons. The van der Waals surface area contributed by atoms with Gasteiger partial charge in [-0.3, -0.25) is 9.69 Å². The van der Waals surface area contributed by atoms with Crippen molar-refractivity contribution in [3.63, 3.8) is 0 Å². The molecule has 1 heterocycles. The maximum atomic E-state index is 12.7. The zero-order valence-corrected chi connectivity index (χ0v) is 19.5. The molecule has 5 heteroatoms. The minimum atomic E-state index is 0.0888. The van der Waals surface area contributed by atoms with E-state index in [4.69, 9.17) is 0 Å². The quantitative estimate of drug-likeness (QED) is 0.554. The zero-order valence-electron chi connectivity index (χ0n) is 19.5. The molecular formula is C28H34N4O. The Bertz CT molecular complexity index is 1080. The summed E-state index contributed by atoms with van der Waals surface area (Å²) in [5, 5.41) is 5.69. The molecule has 0 bridgehead atoms. The first kappa shape index (κ1) is 21.9. The monoisotopic (exact) mass is 442 g/mol. The highest BCUT2D eigenvalue weighted by molar-refractivity contribution is 5.91. The van der Waals surface area contributed by atoms with Gasteiger partial charge in [-0.25, -0.2) is 0 Å². The number of piperazine rings is 1. The van der Waals surface area contributed by atoms with Gasteiger partial charge < -0.3 is 15.1 Å². The summed E-state index contributed by atoms with van der Waals surface area (Å²) in [5.74, 6) is 0.0888. The number of nitrogens with one attached hydrogen (secondary N) is 1. The van der Waals surface area contributed by atoms with Gasteiger partial charge in [0.05, 0.1) is 0 Å². The van der Waals surface area contributed by atoms with Crippen molar-refractivity contribution in [1.29, 1.82) is 0 Å². The maximum absolute atomic E-state index is 12.7. The molecule has 5 rings (SSSR count). The first-order chi connectivity index (χ1) is 16.2. The van der Waals surface area contributed by atoms with E-state index in [1.807, 2.05) is 12.1 Å². The summed E-state index contributed by atoms with van der Waals surface area (Å²) in [7, 11) is 2.17. The van der Waals surface area contributed by atoms with Crippen LogP contribution >= 0.6 is 0 Å². The van der Waals surface area contributed by atoms with Crippen molar-refractivity contribution in [1.82, 2.24) is 9.80 Å². The molecule has 172 valence electrons. The van der Waals surface area contributed by atoms with Crippen molar-refractivity contribution in [2.75, 3.05) is 50.0 Å². The molecule has 33 heavy (non-hydrogen) atoms. The van der Waals surface area contributed by atoms with E-state index in [0.29, 0.717) is 12.5 Å². The molecule has 1 aliphatic heterocycles. The summed E-state index contributed by atoms with van der Waals surface area (Å²) in [4.78, 5) is 19.9. The number of benzene rings is 3. The summed E-state index contributed by atoms with van der Waals surface area (Å²) in [6, 6.07) is 24.0. The van der Waals surface area contributed by atoms with Crippen molar-refractivity contribution < 1.29 is 4.79 Å². The molecule has 1 saturated heterocycles. The fourth-order valence-corrected chi connectivity index (χ4v) is 4.77. The lowest BCUT2D eigenvalue weighted by molar-refractivity contribution is -0.116. The lowest BCUT2D eigenvalue weighted by atomic mass is 10.0. The number of hydrogen-bond acceptors (Lipinski definition) is 4. The Balaban J connectivity index is 1.16. The van der Waals surface area contributed by atoms with Crippen molar-refractivity contribution >= 4 is 28.1 Å². The third-order valence-electron chi connectivity index (χ3n) is 6.96. The highest BCUT2D eigenvalue weighted by Gasteiger charge is 2.29. The van der Waals surface area contributed by atoms with Gasteiger partial charge in [-0.05, 0) is 60.5 Å². The van der Waals surface area contributed by atoms with Crippen molar-refractivity contribution in [3.05, 3.63) is 72.3 Å². The maximum Gasteiger partial charge on any atom is 0.225 e. The largest absolute Gasteiger partial charge is 0.369 e. The van der Waals surface area contributed by atoms with Gasteiger partial charge in [-0.1, -0.05) is 42.5 Å². The van der Waals surface area contributed by atoms with E-state index >= 15 is 0 Å². The summed E-state index contributed by atoms with van der Waals surface area (Å²) >= 11 is 0. The number of nitrogens with zero attached hydrogens (tertiary/aromatic N) is 3. The number of carbonyl (C=O) groups excluding carboxylic acids is 1. The van der Waals surface area contributed by atoms with E-state index < -0.39 is 0 Å². The Morgan fingerprint density at radius 1 is 0.939 bits per heavy atom. The van der Waals surface area contributed by atoms with Gasteiger partial charge in [0, 0.05) is 63.1 Å². The first-order valence-electron chi connectivity index (χ1n) is 12.2. The molecule has 0 spiro atoms. The Hall–Kier alpha value is -2.89. The van der Waals surface area contributed by atoms with Crippen LogP contribution in [0.2, 0.25) is 0 Å². The van der Waals surface area contributed by atoms with E-state index in [1.165, 1.54) is 34.9 Å². The summed E-state index contributed by atoms with van der Waals surface area (Å²) in [6.07, 6.45) is 2.99. The van der Waals surface area contributed by atoms with Crippen LogP contribution in [0.15, 0.2) is 66.7 Å². The number of fused-ring (bicyclic) bond motifs is 1. The topological polar surface area (TPSA) is 38.8 Å². The fourth-order valence-electron chi connectivity index (χ4n) is 4.77. The highest BCUT2D eigenvalue weighted by atomic mass is 16.1. The van der Waals surface area contributed by atoms with Crippen LogP contribution in [0.1, 0.15) is 24.8 Å². The fraction of sp³-hybridized carbons (Fsp3) is 0.393. The van der Waals surface area contributed by atoms with Crippen LogP contribution in [0.25, 0.3) is 10.8 Å². The Morgan fingerprint density at radius 3 is 2.42 bits per heavy atom. The van der Waals surface area contributed by atoms with E-state index in [-0.39, 0.29) is 5.91 Å². The molecule has 1 N–H and O–H groups in total. The van der Waals surface area contributed by atoms with Gasteiger partial charge in [-0.2, -0.15) is 0 Å². The van der Waals surface area contributed by atoms with Gasteiger partial charge in [0.2, 0.25) is 5.91 Å². The summed E-state index contributed by atoms with van der Waals surface area (Å²) in [6.45, 7) is 5.98. The van der Waals surface area contributed by atoms with Crippen LogP contribution < -0.4 is 10.2 Å². The van der Waals surface area contributed by atoms with E-state index in [1.54, 1.807) is 0 Å². The van der Waals surface area contributed by atoms with Crippen LogP contribution in [0, 0.1) is 0 Å². The predicted octanol–water partition coefficient (Wildman–Crippen LogP) is 4.58. The number of amides is 1. The molecule has 0 atom stereocenters. The van der Waals surface area contributed by atoms with Crippen molar-refractivity contribution in [3.8, 4) is 0 Å². The number of carbonyl (C=O) groups is 1. The van der Waals surface area contributed by atoms with Crippen LogP contribution in [-0.2, 0) is 11.3 Å². The van der Waals surface area contributed by atoms with Gasteiger partial charge in [0.1, 0.15) is 0 Å². The first-order valence-corrected chi connectivity index (χ1v) is 12.2. The molecule has 1 saturated carbocycles. The van der Waals surface area contributed by atoms with Crippen LogP contribution in [-0.4, -0.2) is 61.5 Å². The molecule has 0 aromatic heterocycles. The van der Waals surface area contributed by atoms with Crippen molar-refractivity contribution in [2.24, 2.45) is 0 Å². The van der Waals surface area contributed by atoms with Gasteiger partial charge >= 0.3 is 0 Å². The third kappa shape index (κ3) is 5.55. The summed E-state index contributed by atoms with van der Waals surface area (Å²) in [5.41, 5.74) is 3.46. The average Bonchev–Trinajstić information content (AvgIpc) is 3.68. The van der Waals surface area contributed by atoms with Gasteiger partial charge in [0.25, 0.3) is 0 Å². The Labute approximate surface area is 197 Å². The minimum absolute atomic E-state index is 0.0888. The lowest BCUT2D eigenvalue weighted by Crippen LogP contribution is -2.44. The SMILES string of the molecule is CN1CCN(c2ccc(NC(=O)CCN(Cc3cccc4ccccc34)C3CC3)cc2)CC1. The van der Waals surface area contributed by atoms with E-state index in [9.17, 15) is 4.79 Å². The lowest BCUT2D eigenvalue weighted by Gasteiger charge is -2.34. The number of likely N-dealkylation sites (N-methyl/N-ethyl adjacent to an activating group) is 1. The standard InChI is InChI=1S/C28H34N4O/c1-30-17-19-31(20-18-30)25-11-9-24(10-12-25)29-28(33)15-16-32(26-13-14-26)21-23-7-4-6-22-5-2-3-8-27(22)23/h2-12,26H,13-21H2,1H3,(H,29,33). The normalized spacial score (nSPS) is 17.0. The van der Waals surface area contributed by atoms with E-state index in [2.05, 4.69) is 81.7 Å². The molecule has 0 unspecified atom stereocenters. The van der Waals surface area contributed by atoms with Crippen molar-refractivity contribution in [2.45, 2.75) is 31.8 Å². The zero-order chi connectivity index (χ0) is 22.6. The van der Waals surface area contributed by atoms with Gasteiger partial charge in [-0.15, -0.1) is 0 Å². The molecule has 2 fully saturated rings. The van der Waals surface area contributed by atoms with Crippen LogP contribution in [0.4, 0.5) is 11.4 Å². The number of rotatable bonds is 8.